The summed E-state index contributed by atoms with van der Waals surface area (Å²) in [5.41, 5.74) is 1.44. The van der Waals surface area contributed by atoms with Gasteiger partial charge < -0.3 is 14.8 Å². The summed E-state index contributed by atoms with van der Waals surface area (Å²) in [5.74, 6) is 0.611. The van der Waals surface area contributed by atoms with Gasteiger partial charge in [-0.25, -0.2) is 0 Å². The van der Waals surface area contributed by atoms with E-state index in [1.54, 1.807) is 0 Å². The summed E-state index contributed by atoms with van der Waals surface area (Å²) in [6.07, 6.45) is 3.91. The van der Waals surface area contributed by atoms with E-state index in [2.05, 4.69) is 42.6 Å². The fourth-order valence-corrected chi connectivity index (χ4v) is 3.26. The molecule has 1 aliphatic rings. The lowest BCUT2D eigenvalue weighted by Gasteiger charge is -2.37. The summed E-state index contributed by atoms with van der Waals surface area (Å²) in [6, 6.07) is 11.3. The fraction of sp³-hybridized carbons (Fsp3) is 0.667. The molecule has 0 aromatic heterocycles. The lowest BCUT2D eigenvalue weighted by molar-refractivity contribution is -0.0726. The summed E-state index contributed by atoms with van der Waals surface area (Å²) < 4.78 is 11.7. The number of nitrogens with one attached hydrogen (secondary N) is 1. The molecule has 0 saturated heterocycles. The molecule has 3 heteroatoms. The zero-order valence-corrected chi connectivity index (χ0v) is 13.5. The molecule has 1 N–H and O–H groups in total. The normalized spacial score (nSPS) is 27.5. The molecule has 1 aromatic carbocycles. The van der Waals surface area contributed by atoms with Gasteiger partial charge in [-0.1, -0.05) is 30.3 Å². The smallest absolute Gasteiger partial charge is 0.0785 e. The standard InChI is InChI=1S/C18H29NO2/c1-4-20-13-14(2)21-18-12-16(10-11-17(18)19-3)15-8-6-5-7-9-15/h5-9,14,16-19H,4,10-13H2,1-3H3. The van der Waals surface area contributed by atoms with Crippen molar-refractivity contribution in [2.24, 2.45) is 0 Å². The van der Waals surface area contributed by atoms with Crippen LogP contribution >= 0.6 is 0 Å². The third-order valence-electron chi connectivity index (χ3n) is 4.40. The SMILES string of the molecule is CCOCC(C)OC1CC(c2ccccc2)CCC1NC. The number of benzene rings is 1. The Labute approximate surface area is 129 Å². The van der Waals surface area contributed by atoms with Crippen LogP contribution in [-0.4, -0.2) is 38.5 Å². The Bertz CT molecular complexity index is 395. The first-order valence-electron chi connectivity index (χ1n) is 8.20. The van der Waals surface area contributed by atoms with Crippen LogP contribution in [0.2, 0.25) is 0 Å². The molecule has 0 amide bonds. The van der Waals surface area contributed by atoms with Gasteiger partial charge in [0.15, 0.2) is 0 Å². The van der Waals surface area contributed by atoms with E-state index in [1.165, 1.54) is 18.4 Å². The van der Waals surface area contributed by atoms with Crippen molar-refractivity contribution >= 4 is 0 Å². The van der Waals surface area contributed by atoms with E-state index in [0.29, 0.717) is 18.6 Å². The fourth-order valence-electron chi connectivity index (χ4n) is 3.26. The summed E-state index contributed by atoms with van der Waals surface area (Å²) in [4.78, 5) is 0. The van der Waals surface area contributed by atoms with Gasteiger partial charge in [-0.05, 0) is 51.6 Å². The van der Waals surface area contributed by atoms with Gasteiger partial charge in [0, 0.05) is 12.6 Å². The van der Waals surface area contributed by atoms with Crippen molar-refractivity contribution in [3.8, 4) is 0 Å². The molecule has 1 fully saturated rings. The summed E-state index contributed by atoms with van der Waals surface area (Å²) in [5, 5.41) is 3.42. The first-order valence-corrected chi connectivity index (χ1v) is 8.20. The summed E-state index contributed by atoms with van der Waals surface area (Å²) >= 11 is 0. The lowest BCUT2D eigenvalue weighted by Crippen LogP contribution is -2.45. The molecule has 1 aromatic rings. The first kappa shape index (κ1) is 16.5. The van der Waals surface area contributed by atoms with E-state index in [1.807, 2.05) is 14.0 Å². The van der Waals surface area contributed by atoms with Gasteiger partial charge in [0.05, 0.1) is 18.8 Å². The van der Waals surface area contributed by atoms with Crippen molar-refractivity contribution in [1.82, 2.24) is 5.32 Å². The molecule has 0 radical (unpaired) electrons. The Morgan fingerprint density at radius 1 is 1.24 bits per heavy atom. The Balaban J connectivity index is 1.95. The van der Waals surface area contributed by atoms with Gasteiger partial charge in [-0.15, -0.1) is 0 Å². The Morgan fingerprint density at radius 2 is 2.00 bits per heavy atom. The molecule has 1 aliphatic carbocycles. The van der Waals surface area contributed by atoms with Crippen molar-refractivity contribution in [1.29, 1.82) is 0 Å². The van der Waals surface area contributed by atoms with Crippen LogP contribution in [0.1, 0.15) is 44.6 Å². The second-order valence-corrected chi connectivity index (χ2v) is 5.96. The van der Waals surface area contributed by atoms with Crippen LogP contribution in [0.3, 0.4) is 0 Å². The number of rotatable bonds is 7. The van der Waals surface area contributed by atoms with Crippen LogP contribution in [-0.2, 0) is 9.47 Å². The molecule has 1 saturated carbocycles. The second kappa shape index (κ2) is 8.52. The Hall–Kier alpha value is -0.900. The summed E-state index contributed by atoms with van der Waals surface area (Å²) in [6.45, 7) is 5.56. The van der Waals surface area contributed by atoms with E-state index in [-0.39, 0.29) is 12.2 Å². The van der Waals surface area contributed by atoms with Crippen molar-refractivity contribution in [3.05, 3.63) is 35.9 Å². The minimum Gasteiger partial charge on any atom is -0.379 e. The molecular formula is C18H29NO2. The first-order chi connectivity index (χ1) is 10.2. The minimum atomic E-state index is 0.153. The highest BCUT2D eigenvalue weighted by molar-refractivity contribution is 5.20. The quantitative estimate of drug-likeness (QED) is 0.835. The van der Waals surface area contributed by atoms with E-state index in [9.17, 15) is 0 Å². The van der Waals surface area contributed by atoms with Gasteiger partial charge in [-0.3, -0.25) is 0 Å². The van der Waals surface area contributed by atoms with Crippen LogP contribution < -0.4 is 5.32 Å². The molecule has 21 heavy (non-hydrogen) atoms. The molecule has 0 aliphatic heterocycles. The Morgan fingerprint density at radius 3 is 2.67 bits per heavy atom. The summed E-state index contributed by atoms with van der Waals surface area (Å²) in [7, 11) is 2.04. The minimum absolute atomic E-state index is 0.153. The second-order valence-electron chi connectivity index (χ2n) is 5.96. The molecule has 0 heterocycles. The molecule has 2 rings (SSSR count). The van der Waals surface area contributed by atoms with Gasteiger partial charge >= 0.3 is 0 Å². The van der Waals surface area contributed by atoms with Crippen molar-refractivity contribution in [2.45, 2.75) is 57.3 Å². The van der Waals surface area contributed by atoms with Crippen LogP contribution in [0, 0.1) is 0 Å². The highest BCUT2D eigenvalue weighted by Gasteiger charge is 2.32. The zero-order chi connectivity index (χ0) is 15.1. The highest BCUT2D eigenvalue weighted by Crippen LogP contribution is 2.34. The van der Waals surface area contributed by atoms with Crippen LogP contribution in [0.4, 0.5) is 0 Å². The van der Waals surface area contributed by atoms with E-state index < -0.39 is 0 Å². The van der Waals surface area contributed by atoms with E-state index >= 15 is 0 Å². The number of hydrogen-bond acceptors (Lipinski definition) is 3. The van der Waals surface area contributed by atoms with Crippen molar-refractivity contribution in [3.63, 3.8) is 0 Å². The molecule has 118 valence electrons. The monoisotopic (exact) mass is 291 g/mol. The number of likely N-dealkylation sites (N-methyl/N-ethyl adjacent to an activating group) is 1. The zero-order valence-electron chi connectivity index (χ0n) is 13.5. The third-order valence-corrected chi connectivity index (χ3v) is 4.40. The molecule has 0 spiro atoms. The number of hydrogen-bond donors (Lipinski definition) is 1. The van der Waals surface area contributed by atoms with Gasteiger partial charge in [-0.2, -0.15) is 0 Å². The third kappa shape index (κ3) is 4.80. The Kier molecular flexibility index (Phi) is 6.68. The van der Waals surface area contributed by atoms with E-state index in [4.69, 9.17) is 9.47 Å². The largest absolute Gasteiger partial charge is 0.379 e. The van der Waals surface area contributed by atoms with Crippen LogP contribution in [0.15, 0.2) is 30.3 Å². The van der Waals surface area contributed by atoms with Crippen molar-refractivity contribution < 1.29 is 9.47 Å². The van der Waals surface area contributed by atoms with Gasteiger partial charge in [0.1, 0.15) is 0 Å². The van der Waals surface area contributed by atoms with Gasteiger partial charge in [0.25, 0.3) is 0 Å². The maximum Gasteiger partial charge on any atom is 0.0785 e. The lowest BCUT2D eigenvalue weighted by atomic mass is 9.80. The van der Waals surface area contributed by atoms with Crippen LogP contribution in [0.25, 0.3) is 0 Å². The molecular weight excluding hydrogens is 262 g/mol. The topological polar surface area (TPSA) is 30.5 Å². The molecule has 0 bridgehead atoms. The van der Waals surface area contributed by atoms with Crippen LogP contribution in [0.5, 0.6) is 0 Å². The number of ether oxygens (including phenoxy) is 2. The van der Waals surface area contributed by atoms with Gasteiger partial charge in [0.2, 0.25) is 0 Å². The molecule has 3 nitrogen and oxygen atoms in total. The van der Waals surface area contributed by atoms with Crippen molar-refractivity contribution in [2.75, 3.05) is 20.3 Å². The molecule has 4 atom stereocenters. The maximum absolute atomic E-state index is 6.26. The maximum atomic E-state index is 6.26. The predicted molar refractivity (Wildman–Crippen MR) is 86.7 cm³/mol. The average Bonchev–Trinajstić information content (AvgIpc) is 2.53. The average molecular weight is 291 g/mol. The van der Waals surface area contributed by atoms with E-state index in [0.717, 1.165) is 13.0 Å². The predicted octanol–water partition coefficient (Wildman–Crippen LogP) is 3.35. The molecule has 4 unspecified atom stereocenters. The highest BCUT2D eigenvalue weighted by atomic mass is 16.5.